The van der Waals surface area contributed by atoms with Crippen molar-refractivity contribution in [2.45, 2.75) is 141 Å². The van der Waals surface area contributed by atoms with Crippen molar-refractivity contribution < 1.29 is 18.0 Å². The third-order valence-corrected chi connectivity index (χ3v) is 24.4. The van der Waals surface area contributed by atoms with Crippen LogP contribution in [0.5, 0.6) is 0 Å². The molecule has 2 aromatic rings. The van der Waals surface area contributed by atoms with Crippen LogP contribution in [0.3, 0.4) is 0 Å². The number of aromatic amines is 1. The number of halogens is 1. The number of ether oxygens (including phenoxy) is 1. The summed E-state index contributed by atoms with van der Waals surface area (Å²) in [6.07, 6.45) is 1.37. The zero-order chi connectivity index (χ0) is 36.8. The molecular formula is C33H61IN6O5Si3. The van der Waals surface area contributed by atoms with E-state index in [0.29, 0.717) is 18.1 Å². The van der Waals surface area contributed by atoms with Gasteiger partial charge in [-0.2, -0.15) is 4.98 Å². The molecule has 1 aliphatic heterocycles. The van der Waals surface area contributed by atoms with E-state index in [1.807, 2.05) is 28.8 Å². The minimum absolute atomic E-state index is 0.0189. The molecule has 3 heterocycles. The number of H-pyrrole nitrogens is 1. The van der Waals surface area contributed by atoms with Gasteiger partial charge in [0.1, 0.15) is 24.1 Å². The molecule has 1 fully saturated rings. The maximum Gasteiger partial charge on any atom is 0.280 e. The van der Waals surface area contributed by atoms with E-state index >= 15 is 0 Å². The summed E-state index contributed by atoms with van der Waals surface area (Å²) in [6.45, 7) is 34.1. The molecule has 2 aromatic heterocycles. The average Bonchev–Trinajstić information content (AvgIpc) is 3.41. The highest BCUT2D eigenvalue weighted by atomic mass is 127. The molecular weight excluding hydrogens is 772 g/mol. The molecule has 0 aromatic carbocycles. The van der Waals surface area contributed by atoms with Crippen LogP contribution in [0.15, 0.2) is 13.9 Å². The van der Waals surface area contributed by atoms with Gasteiger partial charge in [0.25, 0.3) is 5.56 Å². The molecule has 0 spiro atoms. The lowest BCUT2D eigenvalue weighted by atomic mass is 10.1. The van der Waals surface area contributed by atoms with Crippen LogP contribution in [0.4, 0.5) is 5.95 Å². The second-order valence-electron chi connectivity index (χ2n) is 17.7. The van der Waals surface area contributed by atoms with Crippen LogP contribution in [0, 0.1) is 0 Å². The molecule has 4 atom stereocenters. The second-order valence-corrected chi connectivity index (χ2v) is 32.8. The average molecular weight is 833 g/mol. The van der Waals surface area contributed by atoms with Gasteiger partial charge in [0, 0.05) is 14.1 Å². The maximum absolute atomic E-state index is 13.4. The standard InChI is InChI=1S/C33H61IN6O5Si3/c1-31(2,3)46(12,13)42-20-22-25(44-47(14,15)32(4,5)6)26(45-48(16,17)33(7,8)9)29(43-22)40-23(18-19-34)36-24-27(40)37-30(38-28(24)41)35-21-39(10)11/h18-19,21-22,25-26,29H,20H2,1-17H3,(H,37,38,41)/b19-18+,35-21+/t22-,25-,26-,29-/m1/s1. The Balaban J connectivity index is 2.35. The number of nitrogens with one attached hydrogen (secondary N) is 1. The normalized spacial score (nSPS) is 22.1. The van der Waals surface area contributed by atoms with Gasteiger partial charge in [-0.3, -0.25) is 14.3 Å². The zero-order valence-corrected chi connectivity index (χ0v) is 37.6. The van der Waals surface area contributed by atoms with E-state index in [0.717, 1.165) is 0 Å². The van der Waals surface area contributed by atoms with Gasteiger partial charge < -0.3 is 22.9 Å². The Morgan fingerprint density at radius 3 is 1.90 bits per heavy atom. The summed E-state index contributed by atoms with van der Waals surface area (Å²) in [6, 6.07) is 0. The van der Waals surface area contributed by atoms with E-state index in [-0.39, 0.29) is 32.1 Å². The third-order valence-electron chi connectivity index (χ3n) is 10.6. The van der Waals surface area contributed by atoms with Crippen molar-refractivity contribution in [1.29, 1.82) is 0 Å². The summed E-state index contributed by atoms with van der Waals surface area (Å²) >= 11 is 2.16. The van der Waals surface area contributed by atoms with Crippen LogP contribution in [0.2, 0.25) is 54.4 Å². The summed E-state index contributed by atoms with van der Waals surface area (Å²) < 4.78 is 32.4. The van der Waals surface area contributed by atoms with E-state index in [9.17, 15) is 4.79 Å². The minimum atomic E-state index is -2.40. The fourth-order valence-corrected chi connectivity index (χ4v) is 8.44. The minimum Gasteiger partial charge on any atom is -0.414 e. The first-order chi connectivity index (χ1) is 21.6. The summed E-state index contributed by atoms with van der Waals surface area (Å²) in [4.78, 5) is 32.0. The molecule has 0 aliphatic carbocycles. The molecule has 1 aliphatic rings. The maximum atomic E-state index is 13.4. The number of fused-ring (bicyclic) bond motifs is 1. The number of aliphatic imine (C=N–C) groups is 1. The summed E-state index contributed by atoms with van der Waals surface area (Å²) in [5, 5.41) is -0.117. The van der Waals surface area contributed by atoms with Crippen molar-refractivity contribution in [2.75, 3.05) is 20.7 Å². The Bertz CT molecular complexity index is 1550. The van der Waals surface area contributed by atoms with Gasteiger partial charge in [-0.05, 0) is 64.6 Å². The lowest BCUT2D eigenvalue weighted by Crippen LogP contribution is -2.54. The predicted molar refractivity (Wildman–Crippen MR) is 214 cm³/mol. The SMILES string of the molecule is CN(C)/C=N/c1nc2c(nc(/C=C/I)n2[C@@H]2O[C@H](CO[Si](C)(C)C(C)(C)C)[C@@H](O[Si](C)(C)C(C)(C)C)[C@H]2O[Si](C)(C)C(C)(C)C)c(=O)[nH]1. The van der Waals surface area contributed by atoms with Crippen LogP contribution in [-0.4, -0.2) is 94.7 Å². The molecule has 0 amide bonds. The van der Waals surface area contributed by atoms with Gasteiger partial charge in [0.05, 0.1) is 12.9 Å². The number of aromatic nitrogens is 4. The highest BCUT2D eigenvalue weighted by molar-refractivity contribution is 14.1. The Labute approximate surface area is 305 Å². The quantitative estimate of drug-likeness (QED) is 0.104. The predicted octanol–water partition coefficient (Wildman–Crippen LogP) is 8.45. The van der Waals surface area contributed by atoms with Crippen molar-refractivity contribution in [1.82, 2.24) is 24.4 Å². The number of imidazole rings is 1. The van der Waals surface area contributed by atoms with E-state index in [2.05, 4.69) is 134 Å². The van der Waals surface area contributed by atoms with E-state index in [1.54, 1.807) is 11.2 Å². The van der Waals surface area contributed by atoms with Gasteiger partial charge in [0.2, 0.25) is 5.95 Å². The molecule has 48 heavy (non-hydrogen) atoms. The summed E-state index contributed by atoms with van der Waals surface area (Å²) in [7, 11) is -3.18. The Kier molecular flexibility index (Phi) is 12.4. The molecule has 0 bridgehead atoms. The first-order valence-electron chi connectivity index (χ1n) is 16.8. The van der Waals surface area contributed by atoms with E-state index in [1.165, 1.54) is 0 Å². The fourth-order valence-electron chi connectivity index (χ4n) is 4.50. The van der Waals surface area contributed by atoms with Gasteiger partial charge in [-0.25, -0.2) is 9.98 Å². The van der Waals surface area contributed by atoms with Crippen LogP contribution in [0.25, 0.3) is 17.2 Å². The number of nitrogens with zero attached hydrogens (tertiary/aromatic N) is 5. The third kappa shape index (κ3) is 8.98. The monoisotopic (exact) mass is 832 g/mol. The number of rotatable bonds is 11. The van der Waals surface area contributed by atoms with Gasteiger partial charge in [-0.1, -0.05) is 84.9 Å². The van der Waals surface area contributed by atoms with Gasteiger partial charge >= 0.3 is 0 Å². The summed E-state index contributed by atoms with van der Waals surface area (Å²) in [5.41, 5.74) is 0.209. The number of hydrogen-bond acceptors (Lipinski definition) is 8. The molecule has 15 heteroatoms. The molecule has 272 valence electrons. The summed E-state index contributed by atoms with van der Waals surface area (Å²) in [5.74, 6) is 0.719. The first kappa shape index (κ1) is 41.2. The van der Waals surface area contributed by atoms with Crippen molar-refractivity contribution in [2.24, 2.45) is 4.99 Å². The highest BCUT2D eigenvalue weighted by Gasteiger charge is 2.55. The molecule has 0 unspecified atom stereocenters. The highest BCUT2D eigenvalue weighted by Crippen LogP contribution is 2.47. The lowest BCUT2D eigenvalue weighted by Gasteiger charge is -2.44. The lowest BCUT2D eigenvalue weighted by molar-refractivity contribution is -0.0473. The Morgan fingerprint density at radius 1 is 0.896 bits per heavy atom. The molecule has 0 radical (unpaired) electrons. The Morgan fingerprint density at radius 2 is 1.42 bits per heavy atom. The molecule has 1 saturated heterocycles. The van der Waals surface area contributed by atoms with Crippen molar-refractivity contribution >= 4 is 77.1 Å². The largest absolute Gasteiger partial charge is 0.414 e. The molecule has 0 saturated carbocycles. The Hall–Kier alpha value is -1.22. The van der Waals surface area contributed by atoms with Crippen molar-refractivity contribution in [3.8, 4) is 0 Å². The molecule has 3 rings (SSSR count). The first-order valence-corrected chi connectivity index (χ1v) is 26.8. The van der Waals surface area contributed by atoms with Crippen molar-refractivity contribution in [3.05, 3.63) is 20.3 Å². The van der Waals surface area contributed by atoms with Crippen molar-refractivity contribution in [3.63, 3.8) is 0 Å². The smallest absolute Gasteiger partial charge is 0.280 e. The molecule has 1 N–H and O–H groups in total. The fraction of sp³-hybridized carbons (Fsp3) is 0.758. The topological polar surface area (TPSA) is 116 Å². The zero-order valence-electron chi connectivity index (χ0n) is 32.4. The second kappa shape index (κ2) is 14.4. The van der Waals surface area contributed by atoms with Crippen LogP contribution >= 0.6 is 22.6 Å². The van der Waals surface area contributed by atoms with Gasteiger partial charge in [-0.15, -0.1) is 0 Å². The van der Waals surface area contributed by atoms with Gasteiger partial charge in [0.15, 0.2) is 42.3 Å². The van der Waals surface area contributed by atoms with Crippen LogP contribution in [-0.2, 0) is 18.0 Å². The molecule has 11 nitrogen and oxygen atoms in total. The van der Waals surface area contributed by atoms with E-state index in [4.69, 9.17) is 28.0 Å². The van der Waals surface area contributed by atoms with Crippen LogP contribution < -0.4 is 5.56 Å². The number of hydrogen-bond donors (Lipinski definition) is 1. The van der Waals surface area contributed by atoms with E-state index < -0.39 is 49.5 Å². The van der Waals surface area contributed by atoms with Crippen LogP contribution in [0.1, 0.15) is 74.4 Å².